The Morgan fingerprint density at radius 2 is 1.85 bits per heavy atom. The number of hydrogen-bond donors (Lipinski definition) is 3. The molecule has 0 unspecified atom stereocenters. The molecule has 0 rings (SSSR count). The Balaban J connectivity index is 3.02. The SMILES string of the molecule is CCCCNCCNC(=O)NCC. The van der Waals surface area contributed by atoms with Crippen molar-refractivity contribution >= 4 is 6.03 Å². The molecule has 0 atom stereocenters. The van der Waals surface area contributed by atoms with Gasteiger partial charge < -0.3 is 16.0 Å². The van der Waals surface area contributed by atoms with Crippen LogP contribution in [0.25, 0.3) is 0 Å². The summed E-state index contributed by atoms with van der Waals surface area (Å²) in [6.45, 7) is 7.31. The van der Waals surface area contributed by atoms with Crippen LogP contribution in [0, 0.1) is 0 Å². The van der Waals surface area contributed by atoms with Crippen LogP contribution in [0.5, 0.6) is 0 Å². The van der Waals surface area contributed by atoms with Gasteiger partial charge in [0.05, 0.1) is 0 Å². The number of hydrogen-bond acceptors (Lipinski definition) is 2. The zero-order chi connectivity index (χ0) is 9.94. The summed E-state index contributed by atoms with van der Waals surface area (Å²) in [6.07, 6.45) is 2.40. The van der Waals surface area contributed by atoms with Crippen LogP contribution in [0.15, 0.2) is 0 Å². The lowest BCUT2D eigenvalue weighted by atomic mass is 10.3. The Bertz CT molecular complexity index is 128. The number of carbonyl (C=O) groups excluding carboxylic acids is 1. The van der Waals surface area contributed by atoms with Crippen molar-refractivity contribution in [1.82, 2.24) is 16.0 Å². The van der Waals surface area contributed by atoms with E-state index in [0.29, 0.717) is 13.1 Å². The summed E-state index contributed by atoms with van der Waals surface area (Å²) in [5, 5.41) is 8.66. The van der Waals surface area contributed by atoms with Crippen molar-refractivity contribution in [2.75, 3.05) is 26.2 Å². The quantitative estimate of drug-likeness (QED) is 0.514. The fourth-order valence-electron chi connectivity index (χ4n) is 0.914. The van der Waals surface area contributed by atoms with Crippen LogP contribution in [-0.4, -0.2) is 32.2 Å². The molecule has 0 aliphatic rings. The van der Waals surface area contributed by atoms with Crippen molar-refractivity contribution in [3.05, 3.63) is 0 Å². The molecular weight excluding hydrogens is 166 g/mol. The molecule has 78 valence electrons. The summed E-state index contributed by atoms with van der Waals surface area (Å²) in [7, 11) is 0. The largest absolute Gasteiger partial charge is 0.338 e. The molecule has 0 saturated carbocycles. The summed E-state index contributed by atoms with van der Waals surface area (Å²) in [4.78, 5) is 10.9. The van der Waals surface area contributed by atoms with Gasteiger partial charge in [-0.25, -0.2) is 4.79 Å². The molecule has 0 heterocycles. The maximum absolute atomic E-state index is 10.9. The highest BCUT2D eigenvalue weighted by Crippen LogP contribution is 1.80. The fraction of sp³-hybridized carbons (Fsp3) is 0.889. The second-order valence-corrected chi connectivity index (χ2v) is 2.89. The second-order valence-electron chi connectivity index (χ2n) is 2.89. The fourth-order valence-corrected chi connectivity index (χ4v) is 0.914. The van der Waals surface area contributed by atoms with Gasteiger partial charge in [-0.2, -0.15) is 0 Å². The van der Waals surface area contributed by atoms with E-state index >= 15 is 0 Å². The molecule has 0 aromatic carbocycles. The van der Waals surface area contributed by atoms with E-state index in [0.717, 1.165) is 13.1 Å². The number of nitrogens with one attached hydrogen (secondary N) is 3. The Kier molecular flexibility index (Phi) is 8.77. The monoisotopic (exact) mass is 187 g/mol. The molecule has 4 heteroatoms. The first kappa shape index (κ1) is 12.2. The van der Waals surface area contributed by atoms with Crippen molar-refractivity contribution in [2.24, 2.45) is 0 Å². The number of rotatable bonds is 7. The molecule has 13 heavy (non-hydrogen) atoms. The van der Waals surface area contributed by atoms with Gasteiger partial charge in [0.15, 0.2) is 0 Å². The van der Waals surface area contributed by atoms with Crippen molar-refractivity contribution in [3.8, 4) is 0 Å². The van der Waals surface area contributed by atoms with Crippen molar-refractivity contribution in [3.63, 3.8) is 0 Å². The van der Waals surface area contributed by atoms with Gasteiger partial charge in [0, 0.05) is 19.6 Å². The standard InChI is InChI=1S/C9H21N3O/c1-3-5-6-10-7-8-12-9(13)11-4-2/h10H,3-8H2,1-2H3,(H2,11,12,13). The van der Waals surface area contributed by atoms with Crippen molar-refractivity contribution < 1.29 is 4.79 Å². The van der Waals surface area contributed by atoms with E-state index in [1.54, 1.807) is 0 Å². The Labute approximate surface area is 80.5 Å². The molecule has 4 nitrogen and oxygen atoms in total. The molecule has 0 aliphatic carbocycles. The first-order chi connectivity index (χ1) is 6.31. The van der Waals surface area contributed by atoms with Crippen LogP contribution in [0.2, 0.25) is 0 Å². The Morgan fingerprint density at radius 3 is 2.46 bits per heavy atom. The van der Waals surface area contributed by atoms with Crippen LogP contribution in [0.4, 0.5) is 4.79 Å². The molecule has 0 aromatic rings. The number of amides is 2. The molecule has 0 aliphatic heterocycles. The highest BCUT2D eigenvalue weighted by molar-refractivity contribution is 5.73. The molecule has 0 radical (unpaired) electrons. The smallest absolute Gasteiger partial charge is 0.314 e. The summed E-state index contributed by atoms with van der Waals surface area (Å²) in [5.41, 5.74) is 0. The lowest BCUT2D eigenvalue weighted by molar-refractivity contribution is 0.241. The van der Waals surface area contributed by atoms with E-state index in [9.17, 15) is 4.79 Å². The predicted octanol–water partition coefficient (Wildman–Crippen LogP) is 0.695. The minimum absolute atomic E-state index is 0.0835. The first-order valence-corrected chi connectivity index (χ1v) is 5.03. The van der Waals surface area contributed by atoms with Crippen LogP contribution in [0.3, 0.4) is 0 Å². The number of unbranched alkanes of at least 4 members (excludes halogenated alkanes) is 1. The third-order valence-electron chi connectivity index (χ3n) is 1.63. The molecule has 0 bridgehead atoms. The third kappa shape index (κ3) is 9.14. The van der Waals surface area contributed by atoms with Gasteiger partial charge in [0.2, 0.25) is 0 Å². The molecule has 0 saturated heterocycles. The zero-order valence-electron chi connectivity index (χ0n) is 8.65. The number of urea groups is 1. The van der Waals surface area contributed by atoms with E-state index in [1.165, 1.54) is 12.8 Å². The summed E-state index contributed by atoms with van der Waals surface area (Å²) < 4.78 is 0. The highest BCUT2D eigenvalue weighted by atomic mass is 16.2. The topological polar surface area (TPSA) is 53.2 Å². The van der Waals surface area contributed by atoms with E-state index in [1.807, 2.05) is 6.92 Å². The van der Waals surface area contributed by atoms with Crippen LogP contribution >= 0.6 is 0 Å². The summed E-state index contributed by atoms with van der Waals surface area (Å²) in [6, 6.07) is -0.0835. The van der Waals surface area contributed by atoms with Gasteiger partial charge in [-0.05, 0) is 19.9 Å². The summed E-state index contributed by atoms with van der Waals surface area (Å²) in [5.74, 6) is 0. The molecule has 0 aromatic heterocycles. The normalized spacial score (nSPS) is 9.69. The van der Waals surface area contributed by atoms with Gasteiger partial charge in [-0.1, -0.05) is 13.3 Å². The Morgan fingerprint density at radius 1 is 1.08 bits per heavy atom. The maximum atomic E-state index is 10.9. The maximum Gasteiger partial charge on any atom is 0.314 e. The number of carbonyl (C=O) groups is 1. The molecule has 0 spiro atoms. The minimum atomic E-state index is -0.0835. The van der Waals surface area contributed by atoms with Gasteiger partial charge >= 0.3 is 6.03 Å². The van der Waals surface area contributed by atoms with Crippen molar-refractivity contribution in [2.45, 2.75) is 26.7 Å². The minimum Gasteiger partial charge on any atom is -0.338 e. The van der Waals surface area contributed by atoms with E-state index < -0.39 is 0 Å². The zero-order valence-corrected chi connectivity index (χ0v) is 8.65. The first-order valence-electron chi connectivity index (χ1n) is 5.03. The van der Waals surface area contributed by atoms with Gasteiger partial charge in [0.25, 0.3) is 0 Å². The average Bonchev–Trinajstić information content (AvgIpc) is 2.11. The van der Waals surface area contributed by atoms with E-state index in [-0.39, 0.29) is 6.03 Å². The third-order valence-corrected chi connectivity index (χ3v) is 1.63. The van der Waals surface area contributed by atoms with Crippen LogP contribution < -0.4 is 16.0 Å². The highest BCUT2D eigenvalue weighted by Gasteiger charge is 1.94. The van der Waals surface area contributed by atoms with Crippen molar-refractivity contribution in [1.29, 1.82) is 0 Å². The average molecular weight is 187 g/mol. The molecular formula is C9H21N3O. The summed E-state index contributed by atoms with van der Waals surface area (Å²) >= 11 is 0. The lowest BCUT2D eigenvalue weighted by Crippen LogP contribution is -2.39. The van der Waals surface area contributed by atoms with Gasteiger partial charge in [-0.15, -0.1) is 0 Å². The molecule has 3 N–H and O–H groups in total. The Hall–Kier alpha value is -0.770. The van der Waals surface area contributed by atoms with Crippen LogP contribution in [0.1, 0.15) is 26.7 Å². The lowest BCUT2D eigenvalue weighted by Gasteiger charge is -2.06. The molecule has 2 amide bonds. The van der Waals surface area contributed by atoms with E-state index in [4.69, 9.17) is 0 Å². The molecule has 0 fully saturated rings. The second kappa shape index (κ2) is 9.32. The predicted molar refractivity (Wildman–Crippen MR) is 54.9 cm³/mol. The van der Waals surface area contributed by atoms with Gasteiger partial charge in [0.1, 0.15) is 0 Å². The van der Waals surface area contributed by atoms with E-state index in [2.05, 4.69) is 22.9 Å². The van der Waals surface area contributed by atoms with Gasteiger partial charge in [-0.3, -0.25) is 0 Å². The van der Waals surface area contributed by atoms with Crippen LogP contribution in [-0.2, 0) is 0 Å².